The van der Waals surface area contributed by atoms with Crippen molar-refractivity contribution in [3.63, 3.8) is 0 Å². The molecular weight excluding hydrogens is 284 g/mol. The van der Waals surface area contributed by atoms with Crippen molar-refractivity contribution >= 4 is 33.1 Å². The van der Waals surface area contributed by atoms with E-state index in [1.807, 2.05) is 14.0 Å². The maximum absolute atomic E-state index is 12.4. The van der Waals surface area contributed by atoms with E-state index in [4.69, 9.17) is 5.73 Å². The summed E-state index contributed by atoms with van der Waals surface area (Å²) in [4.78, 5) is 14.0. The van der Waals surface area contributed by atoms with Gasteiger partial charge in [0.05, 0.1) is 16.8 Å². The highest BCUT2D eigenvalue weighted by Crippen LogP contribution is 2.35. The van der Waals surface area contributed by atoms with Gasteiger partial charge < -0.3 is 11.1 Å². The van der Waals surface area contributed by atoms with Crippen LogP contribution in [-0.4, -0.2) is 22.2 Å². The summed E-state index contributed by atoms with van der Waals surface area (Å²) >= 11 is 1.43. The zero-order valence-electron chi connectivity index (χ0n) is 12.6. The fraction of sp³-hybridized carbons (Fsp3) is 0.600. The highest BCUT2D eigenvalue weighted by Gasteiger charge is 2.22. The van der Waals surface area contributed by atoms with E-state index in [1.54, 1.807) is 4.68 Å². The number of aryl methyl sites for hydroxylation is 2. The van der Waals surface area contributed by atoms with Crippen LogP contribution in [0.15, 0.2) is 0 Å². The third kappa shape index (κ3) is 2.64. The number of anilines is 1. The lowest BCUT2D eigenvalue weighted by Gasteiger charge is -2.21. The number of aromatic nitrogens is 2. The number of hydrogen-bond acceptors (Lipinski definition) is 4. The van der Waals surface area contributed by atoms with Gasteiger partial charge in [-0.1, -0.05) is 19.3 Å². The first kappa shape index (κ1) is 14.4. The van der Waals surface area contributed by atoms with E-state index >= 15 is 0 Å². The minimum Gasteiger partial charge on any atom is -0.397 e. The molecule has 3 rings (SSSR count). The van der Waals surface area contributed by atoms with E-state index in [9.17, 15) is 4.79 Å². The zero-order chi connectivity index (χ0) is 15.0. The fourth-order valence-corrected chi connectivity index (χ4v) is 4.31. The Kier molecular flexibility index (Phi) is 3.89. The second-order valence-corrected chi connectivity index (χ2v) is 6.95. The Bertz CT molecular complexity index is 667. The van der Waals surface area contributed by atoms with E-state index in [0.29, 0.717) is 16.5 Å². The molecule has 1 amide bonds. The first-order valence-corrected chi connectivity index (χ1v) is 8.39. The summed E-state index contributed by atoms with van der Waals surface area (Å²) in [6.07, 6.45) is 6.36. The molecule has 2 aromatic rings. The molecule has 1 aliphatic rings. The molecule has 0 saturated heterocycles. The second-order valence-electron chi connectivity index (χ2n) is 5.95. The van der Waals surface area contributed by atoms with Crippen molar-refractivity contribution in [2.45, 2.75) is 39.0 Å². The van der Waals surface area contributed by atoms with Crippen molar-refractivity contribution in [3.8, 4) is 0 Å². The Morgan fingerprint density at radius 3 is 2.81 bits per heavy atom. The SMILES string of the molecule is Cc1nn(C)c2sc(C(=O)NCC3CCCCC3)c(N)c12. The van der Waals surface area contributed by atoms with Gasteiger partial charge in [0, 0.05) is 13.6 Å². The normalized spacial score (nSPS) is 16.5. The maximum atomic E-state index is 12.4. The molecule has 21 heavy (non-hydrogen) atoms. The van der Waals surface area contributed by atoms with Crippen LogP contribution in [0, 0.1) is 12.8 Å². The molecule has 1 saturated carbocycles. The van der Waals surface area contributed by atoms with E-state index in [0.717, 1.165) is 22.5 Å². The molecule has 1 fully saturated rings. The van der Waals surface area contributed by atoms with Crippen molar-refractivity contribution in [1.82, 2.24) is 15.1 Å². The first-order chi connectivity index (χ1) is 10.1. The Morgan fingerprint density at radius 1 is 1.43 bits per heavy atom. The third-order valence-corrected chi connectivity index (χ3v) is 5.64. The van der Waals surface area contributed by atoms with Gasteiger partial charge in [-0.2, -0.15) is 5.10 Å². The van der Waals surface area contributed by atoms with E-state index in [-0.39, 0.29) is 5.91 Å². The molecule has 0 spiro atoms. The zero-order valence-corrected chi connectivity index (χ0v) is 13.4. The van der Waals surface area contributed by atoms with Crippen LogP contribution in [0.25, 0.3) is 10.2 Å². The number of carbonyl (C=O) groups excluding carboxylic acids is 1. The molecular formula is C15H22N4OS. The van der Waals surface area contributed by atoms with Crippen molar-refractivity contribution in [2.75, 3.05) is 12.3 Å². The van der Waals surface area contributed by atoms with Crippen molar-refractivity contribution in [2.24, 2.45) is 13.0 Å². The lowest BCUT2D eigenvalue weighted by atomic mass is 9.89. The van der Waals surface area contributed by atoms with Gasteiger partial charge in [0.25, 0.3) is 5.91 Å². The van der Waals surface area contributed by atoms with Crippen LogP contribution < -0.4 is 11.1 Å². The van der Waals surface area contributed by atoms with E-state index in [2.05, 4.69) is 10.4 Å². The molecule has 3 N–H and O–H groups in total. The van der Waals surface area contributed by atoms with Crippen LogP contribution in [0.2, 0.25) is 0 Å². The number of fused-ring (bicyclic) bond motifs is 1. The Hall–Kier alpha value is -1.56. The summed E-state index contributed by atoms with van der Waals surface area (Å²) in [7, 11) is 1.88. The average molecular weight is 306 g/mol. The summed E-state index contributed by atoms with van der Waals surface area (Å²) < 4.78 is 1.80. The summed E-state index contributed by atoms with van der Waals surface area (Å²) in [6.45, 7) is 2.69. The highest BCUT2D eigenvalue weighted by molar-refractivity contribution is 7.21. The number of rotatable bonds is 3. The van der Waals surface area contributed by atoms with Gasteiger partial charge in [-0.3, -0.25) is 9.48 Å². The Labute approximate surface area is 128 Å². The minimum atomic E-state index is -0.0429. The summed E-state index contributed by atoms with van der Waals surface area (Å²) in [5.74, 6) is 0.584. The number of hydrogen-bond donors (Lipinski definition) is 2. The largest absolute Gasteiger partial charge is 0.397 e. The molecule has 0 atom stereocenters. The average Bonchev–Trinajstić information content (AvgIpc) is 2.97. The molecule has 0 bridgehead atoms. The van der Waals surface area contributed by atoms with Crippen LogP contribution in [0.3, 0.4) is 0 Å². The molecule has 2 heterocycles. The van der Waals surface area contributed by atoms with Crippen molar-refractivity contribution < 1.29 is 4.79 Å². The van der Waals surface area contributed by atoms with Gasteiger partial charge in [0.15, 0.2) is 0 Å². The van der Waals surface area contributed by atoms with Crippen LogP contribution in [0.5, 0.6) is 0 Å². The van der Waals surface area contributed by atoms with E-state index in [1.165, 1.54) is 43.4 Å². The number of thiophene rings is 1. The van der Waals surface area contributed by atoms with Gasteiger partial charge in [-0.05, 0) is 25.7 Å². The highest BCUT2D eigenvalue weighted by atomic mass is 32.1. The summed E-state index contributed by atoms with van der Waals surface area (Å²) in [5, 5.41) is 8.33. The molecule has 114 valence electrons. The van der Waals surface area contributed by atoms with Gasteiger partial charge >= 0.3 is 0 Å². The quantitative estimate of drug-likeness (QED) is 0.916. The number of amides is 1. The molecule has 1 aliphatic carbocycles. The fourth-order valence-electron chi connectivity index (χ4n) is 3.21. The molecule has 0 aliphatic heterocycles. The smallest absolute Gasteiger partial charge is 0.263 e. The predicted octanol–water partition coefficient (Wildman–Crippen LogP) is 2.84. The number of nitrogens with one attached hydrogen (secondary N) is 1. The van der Waals surface area contributed by atoms with Gasteiger partial charge in [0.1, 0.15) is 9.71 Å². The minimum absolute atomic E-state index is 0.0429. The van der Waals surface area contributed by atoms with Gasteiger partial charge in [-0.15, -0.1) is 11.3 Å². The van der Waals surface area contributed by atoms with Crippen LogP contribution in [0.4, 0.5) is 5.69 Å². The van der Waals surface area contributed by atoms with Crippen molar-refractivity contribution in [1.29, 1.82) is 0 Å². The van der Waals surface area contributed by atoms with E-state index < -0.39 is 0 Å². The number of nitrogens with zero attached hydrogens (tertiary/aromatic N) is 2. The van der Waals surface area contributed by atoms with Crippen molar-refractivity contribution in [3.05, 3.63) is 10.6 Å². The predicted molar refractivity (Wildman–Crippen MR) is 86.6 cm³/mol. The van der Waals surface area contributed by atoms with Gasteiger partial charge in [-0.25, -0.2) is 0 Å². The number of nitrogens with two attached hydrogens (primary N) is 1. The number of carbonyl (C=O) groups is 1. The molecule has 0 unspecified atom stereocenters. The summed E-state index contributed by atoms with van der Waals surface area (Å²) in [5.41, 5.74) is 7.61. The molecule has 0 aromatic carbocycles. The molecule has 6 heteroatoms. The van der Waals surface area contributed by atoms with Gasteiger partial charge in [0.2, 0.25) is 0 Å². The van der Waals surface area contributed by atoms with Crippen LogP contribution in [-0.2, 0) is 7.05 Å². The standard InChI is InChI=1S/C15H22N4OS/c1-9-11-12(16)13(21-15(11)19(2)18-9)14(20)17-8-10-6-4-3-5-7-10/h10H,3-8,16H2,1-2H3,(H,17,20). The van der Waals surface area contributed by atoms with Crippen LogP contribution in [0.1, 0.15) is 47.5 Å². The summed E-state index contributed by atoms with van der Waals surface area (Å²) in [6, 6.07) is 0. The number of nitrogen functional groups attached to an aromatic ring is 1. The Morgan fingerprint density at radius 2 is 2.14 bits per heavy atom. The third-order valence-electron chi connectivity index (χ3n) is 4.36. The Balaban J connectivity index is 1.75. The second kappa shape index (κ2) is 5.67. The monoisotopic (exact) mass is 306 g/mol. The topological polar surface area (TPSA) is 72.9 Å². The molecule has 0 radical (unpaired) electrons. The van der Waals surface area contributed by atoms with Crippen LogP contribution >= 0.6 is 11.3 Å². The lowest BCUT2D eigenvalue weighted by Crippen LogP contribution is -2.30. The lowest BCUT2D eigenvalue weighted by molar-refractivity contribution is 0.0948. The first-order valence-electron chi connectivity index (χ1n) is 7.57. The molecule has 2 aromatic heterocycles. The molecule has 5 nitrogen and oxygen atoms in total. The maximum Gasteiger partial charge on any atom is 0.263 e.